The lowest BCUT2D eigenvalue weighted by Crippen LogP contribution is -2.40. The van der Waals surface area contributed by atoms with Gasteiger partial charge in [0.05, 0.1) is 11.8 Å². The van der Waals surface area contributed by atoms with Gasteiger partial charge in [0.25, 0.3) is 5.91 Å². The molecular weight excluding hydrogens is 287 g/mol. The third-order valence-corrected chi connectivity index (χ3v) is 3.94. The topological polar surface area (TPSA) is 33.2 Å². The van der Waals surface area contributed by atoms with Crippen molar-refractivity contribution in [1.82, 2.24) is 9.88 Å². The van der Waals surface area contributed by atoms with Gasteiger partial charge in [0, 0.05) is 24.6 Å². The van der Waals surface area contributed by atoms with Crippen LogP contribution in [0.15, 0.2) is 18.5 Å². The van der Waals surface area contributed by atoms with Crippen molar-refractivity contribution in [3.63, 3.8) is 0 Å². The number of carbonyl (C=O) groups is 1. The van der Waals surface area contributed by atoms with Crippen LogP contribution in [0.2, 0.25) is 0 Å². The Balaban J connectivity index is 2.12. The van der Waals surface area contributed by atoms with Gasteiger partial charge in [-0.15, -0.1) is 0 Å². The molecule has 0 bridgehead atoms. The lowest BCUT2D eigenvalue weighted by atomic mass is 9.99. The van der Waals surface area contributed by atoms with Gasteiger partial charge in [0.2, 0.25) is 0 Å². The van der Waals surface area contributed by atoms with Crippen LogP contribution in [-0.4, -0.2) is 34.2 Å². The number of likely N-dealkylation sites (tertiary alicyclic amines) is 1. The molecule has 1 aliphatic rings. The third kappa shape index (κ3) is 2.83. The van der Waals surface area contributed by atoms with Crippen LogP contribution < -0.4 is 0 Å². The number of halogens is 2. The molecule has 1 amide bonds. The van der Waals surface area contributed by atoms with Gasteiger partial charge in [-0.25, -0.2) is 4.39 Å². The van der Waals surface area contributed by atoms with Gasteiger partial charge in [-0.05, 0) is 24.8 Å². The Morgan fingerprint density at radius 2 is 2.47 bits per heavy atom. The fourth-order valence-corrected chi connectivity index (χ4v) is 2.62. The van der Waals surface area contributed by atoms with E-state index >= 15 is 0 Å². The van der Waals surface area contributed by atoms with E-state index in [1.54, 1.807) is 4.90 Å². The molecule has 5 heteroatoms. The zero-order valence-electron chi connectivity index (χ0n) is 9.40. The van der Waals surface area contributed by atoms with E-state index in [0.29, 0.717) is 19.0 Å². The van der Waals surface area contributed by atoms with Gasteiger partial charge in [0.1, 0.15) is 0 Å². The van der Waals surface area contributed by atoms with Crippen LogP contribution in [0.3, 0.4) is 0 Å². The first-order valence-electron chi connectivity index (χ1n) is 5.67. The summed E-state index contributed by atoms with van der Waals surface area (Å²) in [5.41, 5.74) is 0.121. The minimum absolute atomic E-state index is 0.121. The Hall–Kier alpha value is -0.970. The van der Waals surface area contributed by atoms with Crippen molar-refractivity contribution in [2.45, 2.75) is 12.8 Å². The molecule has 1 aliphatic heterocycles. The summed E-state index contributed by atoms with van der Waals surface area (Å²) in [6, 6.07) is 1.44. The molecule has 0 aliphatic carbocycles. The Labute approximate surface area is 108 Å². The second kappa shape index (κ2) is 5.58. The van der Waals surface area contributed by atoms with Crippen LogP contribution in [-0.2, 0) is 0 Å². The molecule has 1 saturated heterocycles. The predicted octanol–water partition coefficient (Wildman–Crippen LogP) is 2.47. The van der Waals surface area contributed by atoms with Crippen molar-refractivity contribution in [1.29, 1.82) is 0 Å². The van der Waals surface area contributed by atoms with E-state index in [2.05, 4.69) is 20.9 Å². The first-order chi connectivity index (χ1) is 8.22. The van der Waals surface area contributed by atoms with Crippen molar-refractivity contribution < 1.29 is 9.18 Å². The highest BCUT2D eigenvalue weighted by Crippen LogP contribution is 2.20. The summed E-state index contributed by atoms with van der Waals surface area (Å²) >= 11 is 3.44. The largest absolute Gasteiger partial charge is 0.338 e. The molecule has 17 heavy (non-hydrogen) atoms. The predicted molar refractivity (Wildman–Crippen MR) is 66.6 cm³/mol. The van der Waals surface area contributed by atoms with E-state index in [4.69, 9.17) is 0 Å². The normalized spacial score (nSPS) is 20.4. The second-order valence-electron chi connectivity index (χ2n) is 4.27. The monoisotopic (exact) mass is 300 g/mol. The smallest absolute Gasteiger partial charge is 0.256 e. The van der Waals surface area contributed by atoms with E-state index in [0.717, 1.165) is 24.4 Å². The Bertz CT molecular complexity index is 413. The standard InChI is InChI=1S/C12H14BrFN2O/c13-6-9-2-1-5-16(8-9)12(17)10-3-4-15-7-11(10)14/h3-4,7,9H,1-2,5-6,8H2. The summed E-state index contributed by atoms with van der Waals surface area (Å²) in [7, 11) is 0. The van der Waals surface area contributed by atoms with Crippen LogP contribution in [0.1, 0.15) is 23.2 Å². The summed E-state index contributed by atoms with van der Waals surface area (Å²) in [6.07, 6.45) is 4.63. The highest BCUT2D eigenvalue weighted by Gasteiger charge is 2.25. The fourth-order valence-electron chi connectivity index (χ4n) is 2.09. The maximum Gasteiger partial charge on any atom is 0.256 e. The molecule has 3 nitrogen and oxygen atoms in total. The average Bonchev–Trinajstić information content (AvgIpc) is 2.38. The molecule has 2 heterocycles. The van der Waals surface area contributed by atoms with E-state index in [1.165, 1.54) is 12.3 Å². The van der Waals surface area contributed by atoms with Crippen LogP contribution in [0, 0.1) is 11.7 Å². The van der Waals surface area contributed by atoms with E-state index in [-0.39, 0.29) is 11.5 Å². The van der Waals surface area contributed by atoms with Crippen molar-refractivity contribution in [3.8, 4) is 0 Å². The molecule has 1 atom stereocenters. The highest BCUT2D eigenvalue weighted by molar-refractivity contribution is 9.09. The maximum atomic E-state index is 13.5. The van der Waals surface area contributed by atoms with Crippen molar-refractivity contribution in [3.05, 3.63) is 29.8 Å². The first-order valence-corrected chi connectivity index (χ1v) is 6.79. The van der Waals surface area contributed by atoms with Gasteiger partial charge < -0.3 is 4.90 Å². The summed E-state index contributed by atoms with van der Waals surface area (Å²) in [6.45, 7) is 1.41. The van der Waals surface area contributed by atoms with Gasteiger partial charge in [-0.2, -0.15) is 0 Å². The number of aromatic nitrogens is 1. The molecule has 92 valence electrons. The van der Waals surface area contributed by atoms with Gasteiger partial charge in [-0.3, -0.25) is 9.78 Å². The molecule has 0 radical (unpaired) electrons. The number of carbonyl (C=O) groups excluding carboxylic acids is 1. The summed E-state index contributed by atoms with van der Waals surface area (Å²) in [4.78, 5) is 17.5. The minimum atomic E-state index is -0.543. The molecule has 1 unspecified atom stereocenters. The third-order valence-electron chi connectivity index (χ3n) is 3.03. The van der Waals surface area contributed by atoms with Crippen LogP contribution in [0.4, 0.5) is 4.39 Å². The highest BCUT2D eigenvalue weighted by atomic mass is 79.9. The number of rotatable bonds is 2. The number of pyridine rings is 1. The zero-order chi connectivity index (χ0) is 12.3. The molecule has 0 spiro atoms. The average molecular weight is 301 g/mol. The van der Waals surface area contributed by atoms with Crippen LogP contribution in [0.25, 0.3) is 0 Å². The number of alkyl halides is 1. The minimum Gasteiger partial charge on any atom is -0.338 e. The molecule has 0 saturated carbocycles. The van der Waals surface area contributed by atoms with E-state index in [9.17, 15) is 9.18 Å². The molecule has 1 fully saturated rings. The number of hydrogen-bond acceptors (Lipinski definition) is 2. The van der Waals surface area contributed by atoms with Crippen molar-refractivity contribution in [2.24, 2.45) is 5.92 Å². The van der Waals surface area contributed by atoms with Crippen molar-refractivity contribution >= 4 is 21.8 Å². The van der Waals surface area contributed by atoms with Gasteiger partial charge in [-0.1, -0.05) is 15.9 Å². The molecule has 2 rings (SSSR count). The molecule has 1 aromatic rings. The van der Waals surface area contributed by atoms with Crippen LogP contribution >= 0.6 is 15.9 Å². The fraction of sp³-hybridized carbons (Fsp3) is 0.500. The lowest BCUT2D eigenvalue weighted by molar-refractivity contribution is 0.0681. The number of hydrogen-bond donors (Lipinski definition) is 0. The SMILES string of the molecule is O=C(c1ccncc1F)N1CCCC(CBr)C1. The molecular formula is C12H14BrFN2O. The Morgan fingerprint density at radius 1 is 1.65 bits per heavy atom. The quantitative estimate of drug-likeness (QED) is 0.786. The van der Waals surface area contributed by atoms with E-state index in [1.807, 2.05) is 0 Å². The lowest BCUT2D eigenvalue weighted by Gasteiger charge is -2.32. The zero-order valence-corrected chi connectivity index (χ0v) is 11.0. The number of amides is 1. The Kier molecular flexibility index (Phi) is 4.10. The molecule has 0 aromatic carbocycles. The first kappa shape index (κ1) is 12.5. The van der Waals surface area contributed by atoms with Crippen molar-refractivity contribution in [2.75, 3.05) is 18.4 Å². The van der Waals surface area contributed by atoms with Gasteiger partial charge >= 0.3 is 0 Å². The van der Waals surface area contributed by atoms with Gasteiger partial charge in [0.15, 0.2) is 5.82 Å². The Morgan fingerprint density at radius 3 is 3.18 bits per heavy atom. The molecule has 0 N–H and O–H groups in total. The summed E-state index contributed by atoms with van der Waals surface area (Å²) in [5, 5.41) is 0.885. The van der Waals surface area contributed by atoms with E-state index < -0.39 is 5.82 Å². The second-order valence-corrected chi connectivity index (χ2v) is 4.92. The maximum absolute atomic E-state index is 13.5. The number of piperidine rings is 1. The summed E-state index contributed by atoms with van der Waals surface area (Å²) < 4.78 is 13.5. The number of nitrogens with zero attached hydrogens (tertiary/aromatic N) is 2. The van der Waals surface area contributed by atoms with Crippen LogP contribution in [0.5, 0.6) is 0 Å². The molecule has 1 aromatic heterocycles. The summed E-state index contributed by atoms with van der Waals surface area (Å²) in [5.74, 6) is -0.299.